The van der Waals surface area contributed by atoms with Gasteiger partial charge in [0, 0.05) is 48.7 Å². The van der Waals surface area contributed by atoms with Crippen molar-refractivity contribution < 1.29 is 4.74 Å². The molecule has 0 saturated carbocycles. The van der Waals surface area contributed by atoms with Gasteiger partial charge in [-0.25, -0.2) is 0 Å². The number of hydrogen-bond donors (Lipinski definition) is 1. The molecule has 6 rings (SSSR count). The minimum absolute atomic E-state index is 0.0998. The molecule has 7 heteroatoms. The summed E-state index contributed by atoms with van der Waals surface area (Å²) in [5, 5.41) is 4.26. The van der Waals surface area contributed by atoms with Crippen LogP contribution in [-0.2, 0) is 0 Å². The first-order valence-corrected chi connectivity index (χ1v) is 14.5. The lowest BCUT2D eigenvalue weighted by atomic mass is 9.96. The Balaban J connectivity index is 1.39. The van der Waals surface area contributed by atoms with Crippen molar-refractivity contribution in [1.29, 1.82) is 0 Å². The monoisotopic (exact) mass is 573 g/mol. The van der Waals surface area contributed by atoms with Gasteiger partial charge in [0.05, 0.1) is 17.8 Å². The third-order valence-corrected chi connectivity index (χ3v) is 8.20. The number of pyridine rings is 1. The van der Waals surface area contributed by atoms with Gasteiger partial charge in [-0.15, -0.1) is 0 Å². The summed E-state index contributed by atoms with van der Waals surface area (Å²) >= 11 is 5.99. The predicted molar refractivity (Wildman–Crippen MR) is 175 cm³/mol. The summed E-state index contributed by atoms with van der Waals surface area (Å²) in [6.45, 7) is 6.42. The lowest BCUT2D eigenvalue weighted by Crippen LogP contribution is -2.29. The summed E-state index contributed by atoms with van der Waals surface area (Å²) in [5.41, 5.74) is 8.99. The molecule has 0 aliphatic carbocycles. The maximum Gasteiger partial charge on any atom is 0.174 e. The summed E-state index contributed by atoms with van der Waals surface area (Å²) in [6, 6.07) is 33.0. The highest BCUT2D eigenvalue weighted by Crippen LogP contribution is 2.44. The van der Waals surface area contributed by atoms with Crippen molar-refractivity contribution in [2.45, 2.75) is 32.9 Å². The first kappa shape index (κ1) is 27.5. The average molecular weight is 574 g/mol. The van der Waals surface area contributed by atoms with Crippen LogP contribution in [0.1, 0.15) is 40.3 Å². The molecule has 3 aromatic carbocycles. The van der Waals surface area contributed by atoms with E-state index < -0.39 is 0 Å². The van der Waals surface area contributed by atoms with Gasteiger partial charge in [0.2, 0.25) is 0 Å². The largest absolute Gasteiger partial charge is 0.457 e. The third-order valence-electron chi connectivity index (χ3n) is 7.88. The molecule has 0 radical (unpaired) electrons. The van der Waals surface area contributed by atoms with Gasteiger partial charge in [-0.3, -0.25) is 4.98 Å². The summed E-state index contributed by atoms with van der Waals surface area (Å²) in [5.74, 6) is 1.59. The summed E-state index contributed by atoms with van der Waals surface area (Å²) in [6.07, 6.45) is 1.84. The highest BCUT2D eigenvalue weighted by atomic mass is 32.1. The van der Waals surface area contributed by atoms with Crippen LogP contribution in [0, 0.1) is 20.8 Å². The molecule has 42 heavy (non-hydrogen) atoms. The Bertz CT molecular complexity index is 1690. The molecule has 0 amide bonds. The van der Waals surface area contributed by atoms with E-state index in [1.807, 2.05) is 54.7 Å². The molecule has 3 heterocycles. The maximum atomic E-state index is 6.11. The summed E-state index contributed by atoms with van der Waals surface area (Å²) < 4.78 is 8.43. The van der Waals surface area contributed by atoms with Crippen LogP contribution in [0.4, 0.5) is 11.4 Å². The number of benzene rings is 3. The van der Waals surface area contributed by atoms with Gasteiger partial charge < -0.3 is 24.4 Å². The number of anilines is 2. The van der Waals surface area contributed by atoms with E-state index in [0.29, 0.717) is 5.11 Å². The molecule has 6 nitrogen and oxygen atoms in total. The van der Waals surface area contributed by atoms with Crippen molar-refractivity contribution in [3.8, 4) is 17.2 Å². The first-order valence-electron chi connectivity index (χ1n) is 14.1. The summed E-state index contributed by atoms with van der Waals surface area (Å²) in [4.78, 5) is 9.06. The van der Waals surface area contributed by atoms with Crippen LogP contribution >= 0.6 is 12.2 Å². The molecule has 5 aromatic rings. The molecular weight excluding hydrogens is 538 g/mol. The van der Waals surface area contributed by atoms with E-state index in [2.05, 4.69) is 103 Å². The topological polar surface area (TPSA) is 45.6 Å². The van der Waals surface area contributed by atoms with Gasteiger partial charge in [0.15, 0.2) is 5.11 Å². The number of rotatable bonds is 7. The van der Waals surface area contributed by atoms with Crippen LogP contribution in [0.5, 0.6) is 11.5 Å². The normalized spacial score (nSPS) is 16.4. The minimum Gasteiger partial charge on any atom is -0.457 e. The van der Waals surface area contributed by atoms with Gasteiger partial charge in [0.25, 0.3) is 0 Å². The van der Waals surface area contributed by atoms with Crippen LogP contribution in [0.15, 0.2) is 103 Å². The maximum absolute atomic E-state index is 6.11. The van der Waals surface area contributed by atoms with E-state index in [9.17, 15) is 0 Å². The van der Waals surface area contributed by atoms with Crippen LogP contribution in [0.3, 0.4) is 0 Å². The van der Waals surface area contributed by atoms with Crippen molar-refractivity contribution in [1.82, 2.24) is 14.9 Å². The molecule has 1 fully saturated rings. The predicted octanol–water partition coefficient (Wildman–Crippen LogP) is 7.83. The highest BCUT2D eigenvalue weighted by molar-refractivity contribution is 7.80. The SMILES string of the molecule is Cc1ccc(Oc2ccc(N3C(=S)N[C@@H](c4ccccn4)[C@H]3c3cc(C)n(-c4ccc(N(C)C)cc4)c3C)cc2)cc1. The van der Waals surface area contributed by atoms with Crippen molar-refractivity contribution >= 4 is 28.7 Å². The van der Waals surface area contributed by atoms with E-state index in [0.717, 1.165) is 28.6 Å². The summed E-state index contributed by atoms with van der Waals surface area (Å²) in [7, 11) is 4.12. The number of ether oxygens (including phenoxy) is 1. The van der Waals surface area contributed by atoms with Crippen molar-refractivity contribution in [3.63, 3.8) is 0 Å². The second-order valence-corrected chi connectivity index (χ2v) is 11.4. The zero-order valence-electron chi connectivity index (χ0n) is 24.6. The smallest absolute Gasteiger partial charge is 0.174 e. The van der Waals surface area contributed by atoms with Crippen LogP contribution in [0.2, 0.25) is 0 Å². The van der Waals surface area contributed by atoms with E-state index in [1.54, 1.807) is 0 Å². The fraction of sp³-hybridized carbons (Fsp3) is 0.200. The van der Waals surface area contributed by atoms with Crippen LogP contribution < -0.4 is 19.9 Å². The van der Waals surface area contributed by atoms with Crippen molar-refractivity contribution in [2.75, 3.05) is 23.9 Å². The van der Waals surface area contributed by atoms with Gasteiger partial charge >= 0.3 is 0 Å². The Labute approximate surface area is 253 Å². The third kappa shape index (κ3) is 5.23. The molecule has 0 bridgehead atoms. The highest BCUT2D eigenvalue weighted by Gasteiger charge is 2.42. The molecule has 212 valence electrons. The van der Waals surface area contributed by atoms with Gasteiger partial charge in [-0.1, -0.05) is 23.8 Å². The number of aromatic nitrogens is 2. The fourth-order valence-corrected chi connectivity index (χ4v) is 6.10. The Morgan fingerprint density at radius 3 is 2.07 bits per heavy atom. The molecule has 0 spiro atoms. The van der Waals surface area contributed by atoms with E-state index in [4.69, 9.17) is 21.9 Å². The molecule has 1 aliphatic heterocycles. The number of nitrogens with zero attached hydrogens (tertiary/aromatic N) is 4. The molecule has 1 N–H and O–H groups in total. The Morgan fingerprint density at radius 1 is 0.810 bits per heavy atom. The lowest BCUT2D eigenvalue weighted by molar-refractivity contribution is 0.482. The zero-order chi connectivity index (χ0) is 29.4. The second-order valence-electron chi connectivity index (χ2n) is 11.0. The number of nitrogens with one attached hydrogen (secondary N) is 1. The molecule has 1 saturated heterocycles. The fourth-order valence-electron chi connectivity index (χ4n) is 5.75. The standard InChI is InChI=1S/C35H35N5OS/c1-23-9-17-29(18-10-23)41-30-19-15-28(16-20-30)40-34(33(37-35(40)42)32-8-6-7-21-36-32)31-22-24(2)39(25(31)3)27-13-11-26(12-14-27)38(4)5/h6-22,33-34H,1-5H3,(H,37,42)/t33-,34+/m0/s1. The van der Waals surface area contributed by atoms with Crippen LogP contribution in [0.25, 0.3) is 5.69 Å². The first-order chi connectivity index (χ1) is 20.3. The Morgan fingerprint density at radius 2 is 1.45 bits per heavy atom. The van der Waals surface area contributed by atoms with Crippen molar-refractivity contribution in [3.05, 3.63) is 131 Å². The Kier molecular flexibility index (Phi) is 7.43. The van der Waals surface area contributed by atoms with Gasteiger partial charge in [-0.05, 0) is 117 Å². The number of aryl methyl sites for hydroxylation is 2. The van der Waals surface area contributed by atoms with E-state index in [1.165, 1.54) is 28.2 Å². The van der Waals surface area contributed by atoms with Gasteiger partial charge in [-0.2, -0.15) is 0 Å². The number of hydrogen-bond acceptors (Lipinski definition) is 4. The van der Waals surface area contributed by atoms with E-state index in [-0.39, 0.29) is 12.1 Å². The quantitative estimate of drug-likeness (QED) is 0.200. The molecule has 2 aromatic heterocycles. The molecule has 0 unspecified atom stereocenters. The minimum atomic E-state index is -0.118. The van der Waals surface area contributed by atoms with Crippen LogP contribution in [-0.4, -0.2) is 28.8 Å². The number of thiocarbonyl (C=S) groups is 1. The molecular formula is C35H35N5OS. The molecule has 2 atom stereocenters. The van der Waals surface area contributed by atoms with Gasteiger partial charge in [0.1, 0.15) is 11.5 Å². The average Bonchev–Trinajstić information content (AvgIpc) is 3.49. The lowest BCUT2D eigenvalue weighted by Gasteiger charge is -2.28. The van der Waals surface area contributed by atoms with Crippen molar-refractivity contribution in [2.24, 2.45) is 0 Å². The second kappa shape index (κ2) is 11.3. The Hall–Kier alpha value is -4.62. The molecule has 1 aliphatic rings. The zero-order valence-corrected chi connectivity index (χ0v) is 25.4. The van der Waals surface area contributed by atoms with E-state index >= 15 is 0 Å².